The van der Waals surface area contributed by atoms with Crippen LogP contribution in [0.4, 0.5) is 0 Å². The molecular formula is C15H19N5O2. The zero-order valence-corrected chi connectivity index (χ0v) is 12.8. The highest BCUT2D eigenvalue weighted by atomic mass is 16.2. The molecule has 3 heterocycles. The van der Waals surface area contributed by atoms with Crippen molar-refractivity contribution >= 4 is 5.91 Å². The summed E-state index contributed by atoms with van der Waals surface area (Å²) in [4.78, 5) is 26.0. The SMILES string of the molecule is Cn1cc([C@@H]2CCCCN2C(=O)c2ccc(=O)n(C)n2)cn1. The standard InChI is InChI=1S/C15H19N5O2/c1-18-10-11(9-16-18)13-5-3-4-8-20(13)15(22)12-6-7-14(21)19(2)17-12/h6-7,9-10,13H,3-5,8H2,1-2H3/t13-/m0/s1. The van der Waals surface area contributed by atoms with Gasteiger partial charge >= 0.3 is 0 Å². The Bertz CT molecular complexity index is 748. The lowest BCUT2D eigenvalue weighted by molar-refractivity contribution is 0.0602. The highest BCUT2D eigenvalue weighted by molar-refractivity contribution is 5.92. The number of aromatic nitrogens is 4. The van der Waals surface area contributed by atoms with Gasteiger partial charge in [-0.15, -0.1) is 0 Å². The lowest BCUT2D eigenvalue weighted by Gasteiger charge is -2.35. The van der Waals surface area contributed by atoms with E-state index in [1.54, 1.807) is 11.7 Å². The van der Waals surface area contributed by atoms with Crippen molar-refractivity contribution in [3.05, 3.63) is 46.1 Å². The van der Waals surface area contributed by atoms with Crippen molar-refractivity contribution in [2.75, 3.05) is 6.54 Å². The molecule has 0 bridgehead atoms. The van der Waals surface area contributed by atoms with E-state index in [0.29, 0.717) is 12.2 Å². The molecule has 2 aromatic heterocycles. The highest BCUT2D eigenvalue weighted by Crippen LogP contribution is 2.31. The van der Waals surface area contributed by atoms with Crippen LogP contribution in [0, 0.1) is 0 Å². The van der Waals surface area contributed by atoms with Crippen molar-refractivity contribution in [1.29, 1.82) is 0 Å². The molecule has 0 radical (unpaired) electrons. The molecule has 1 aliphatic heterocycles. The van der Waals surface area contributed by atoms with E-state index in [9.17, 15) is 9.59 Å². The summed E-state index contributed by atoms with van der Waals surface area (Å²) in [6.07, 6.45) is 6.75. The fraction of sp³-hybridized carbons (Fsp3) is 0.467. The predicted octanol–water partition coefficient (Wildman–Crippen LogP) is 0.881. The van der Waals surface area contributed by atoms with E-state index in [-0.39, 0.29) is 17.5 Å². The average Bonchev–Trinajstić information content (AvgIpc) is 2.96. The van der Waals surface area contributed by atoms with E-state index in [0.717, 1.165) is 24.8 Å². The van der Waals surface area contributed by atoms with Crippen LogP contribution >= 0.6 is 0 Å². The Morgan fingerprint density at radius 3 is 2.77 bits per heavy atom. The minimum absolute atomic E-state index is 0.0222. The molecule has 0 saturated carbocycles. The second-order valence-corrected chi connectivity index (χ2v) is 5.64. The van der Waals surface area contributed by atoms with Gasteiger partial charge in [0.15, 0.2) is 0 Å². The van der Waals surface area contributed by atoms with Crippen molar-refractivity contribution in [3.8, 4) is 0 Å². The van der Waals surface area contributed by atoms with Crippen molar-refractivity contribution in [2.24, 2.45) is 14.1 Å². The van der Waals surface area contributed by atoms with Crippen LogP contribution in [0.2, 0.25) is 0 Å². The van der Waals surface area contributed by atoms with Gasteiger partial charge in [0.2, 0.25) is 0 Å². The third kappa shape index (κ3) is 2.66. The predicted molar refractivity (Wildman–Crippen MR) is 80.3 cm³/mol. The van der Waals surface area contributed by atoms with E-state index in [1.165, 1.54) is 16.8 Å². The van der Waals surface area contributed by atoms with Gasteiger partial charge < -0.3 is 4.90 Å². The number of nitrogens with zero attached hydrogens (tertiary/aromatic N) is 5. The normalized spacial score (nSPS) is 18.5. The third-order valence-electron chi connectivity index (χ3n) is 4.05. The quantitative estimate of drug-likeness (QED) is 0.825. The van der Waals surface area contributed by atoms with Gasteiger partial charge in [-0.25, -0.2) is 4.68 Å². The smallest absolute Gasteiger partial charge is 0.274 e. The Balaban J connectivity index is 1.91. The Labute approximate surface area is 128 Å². The van der Waals surface area contributed by atoms with E-state index >= 15 is 0 Å². The summed E-state index contributed by atoms with van der Waals surface area (Å²) in [5, 5.41) is 8.27. The number of amides is 1. The minimum atomic E-state index is -0.223. The van der Waals surface area contributed by atoms with Gasteiger partial charge in [0, 0.05) is 38.5 Å². The summed E-state index contributed by atoms with van der Waals surface area (Å²) >= 11 is 0. The monoisotopic (exact) mass is 301 g/mol. The fourth-order valence-corrected chi connectivity index (χ4v) is 2.90. The van der Waals surface area contributed by atoms with E-state index < -0.39 is 0 Å². The molecule has 1 fully saturated rings. The molecule has 7 nitrogen and oxygen atoms in total. The maximum atomic E-state index is 12.8. The molecule has 0 aromatic carbocycles. The first kappa shape index (κ1) is 14.5. The minimum Gasteiger partial charge on any atom is -0.330 e. The summed E-state index contributed by atoms with van der Waals surface area (Å²) in [6, 6.07) is 2.90. The van der Waals surface area contributed by atoms with Gasteiger partial charge in [-0.3, -0.25) is 14.3 Å². The zero-order valence-electron chi connectivity index (χ0n) is 12.8. The molecule has 1 aliphatic rings. The van der Waals surface area contributed by atoms with Crippen molar-refractivity contribution in [1.82, 2.24) is 24.5 Å². The molecule has 1 atom stereocenters. The van der Waals surface area contributed by atoms with Gasteiger partial charge in [-0.05, 0) is 25.3 Å². The molecule has 0 spiro atoms. The molecular weight excluding hydrogens is 282 g/mol. The first-order chi connectivity index (χ1) is 10.6. The number of likely N-dealkylation sites (tertiary alicyclic amines) is 1. The molecule has 1 saturated heterocycles. The van der Waals surface area contributed by atoms with E-state index in [4.69, 9.17) is 0 Å². The second-order valence-electron chi connectivity index (χ2n) is 5.64. The van der Waals surface area contributed by atoms with Crippen molar-refractivity contribution < 1.29 is 4.79 Å². The van der Waals surface area contributed by atoms with Crippen LogP contribution in [0.25, 0.3) is 0 Å². The topological polar surface area (TPSA) is 73.0 Å². The van der Waals surface area contributed by atoms with Crippen LogP contribution in [-0.4, -0.2) is 36.9 Å². The van der Waals surface area contributed by atoms with Gasteiger partial charge in [-0.1, -0.05) is 0 Å². The number of hydrogen-bond donors (Lipinski definition) is 0. The molecule has 7 heteroatoms. The van der Waals surface area contributed by atoms with Crippen LogP contribution in [0.3, 0.4) is 0 Å². The number of carbonyl (C=O) groups excluding carboxylic acids is 1. The number of rotatable bonds is 2. The van der Waals surface area contributed by atoms with Gasteiger partial charge in [0.25, 0.3) is 11.5 Å². The van der Waals surface area contributed by atoms with Gasteiger partial charge in [0.05, 0.1) is 12.2 Å². The van der Waals surface area contributed by atoms with Crippen LogP contribution in [-0.2, 0) is 14.1 Å². The molecule has 0 aliphatic carbocycles. The highest BCUT2D eigenvalue weighted by Gasteiger charge is 2.30. The molecule has 0 N–H and O–H groups in total. The van der Waals surface area contributed by atoms with Crippen LogP contribution in [0.1, 0.15) is 41.4 Å². The summed E-state index contributed by atoms with van der Waals surface area (Å²) in [5.74, 6) is -0.135. The van der Waals surface area contributed by atoms with Crippen molar-refractivity contribution in [3.63, 3.8) is 0 Å². The average molecular weight is 301 g/mol. The van der Waals surface area contributed by atoms with Crippen LogP contribution in [0.5, 0.6) is 0 Å². The third-order valence-corrected chi connectivity index (χ3v) is 4.05. The van der Waals surface area contributed by atoms with Crippen LogP contribution in [0.15, 0.2) is 29.3 Å². The first-order valence-electron chi connectivity index (χ1n) is 7.40. The van der Waals surface area contributed by atoms with Crippen molar-refractivity contribution in [2.45, 2.75) is 25.3 Å². The van der Waals surface area contributed by atoms with Crippen LogP contribution < -0.4 is 5.56 Å². The molecule has 0 unspecified atom stereocenters. The Morgan fingerprint density at radius 1 is 1.27 bits per heavy atom. The summed E-state index contributed by atoms with van der Waals surface area (Å²) < 4.78 is 2.94. The maximum Gasteiger partial charge on any atom is 0.274 e. The Morgan fingerprint density at radius 2 is 2.09 bits per heavy atom. The lowest BCUT2D eigenvalue weighted by atomic mass is 9.97. The Kier molecular flexibility index (Phi) is 3.79. The second kappa shape index (κ2) is 5.75. The fourth-order valence-electron chi connectivity index (χ4n) is 2.90. The van der Waals surface area contributed by atoms with Gasteiger partial charge in [0.1, 0.15) is 5.69 Å². The Hall–Kier alpha value is -2.44. The molecule has 2 aromatic rings. The molecule has 22 heavy (non-hydrogen) atoms. The molecule has 116 valence electrons. The van der Waals surface area contributed by atoms with Gasteiger partial charge in [-0.2, -0.15) is 10.2 Å². The summed E-state index contributed by atoms with van der Waals surface area (Å²) in [5.41, 5.74) is 1.12. The largest absolute Gasteiger partial charge is 0.330 e. The summed E-state index contributed by atoms with van der Waals surface area (Å²) in [7, 11) is 3.42. The summed E-state index contributed by atoms with van der Waals surface area (Å²) in [6.45, 7) is 0.697. The number of hydrogen-bond acceptors (Lipinski definition) is 4. The number of carbonyl (C=O) groups is 1. The number of piperidine rings is 1. The molecule has 1 amide bonds. The molecule has 3 rings (SSSR count). The van der Waals surface area contributed by atoms with E-state index in [2.05, 4.69) is 10.2 Å². The zero-order chi connectivity index (χ0) is 15.7. The maximum absolute atomic E-state index is 12.8. The van der Waals surface area contributed by atoms with E-state index in [1.807, 2.05) is 24.3 Å². The first-order valence-corrected chi connectivity index (χ1v) is 7.40. The number of aryl methyl sites for hydroxylation is 2. The lowest BCUT2D eigenvalue weighted by Crippen LogP contribution is -2.39.